The Morgan fingerprint density at radius 2 is 2.17 bits per heavy atom. The van der Waals surface area contributed by atoms with Crippen LogP contribution >= 0.6 is 0 Å². The van der Waals surface area contributed by atoms with E-state index in [1.165, 1.54) is 0 Å². The molecular weight excluding hydrogens is 294 g/mol. The zero-order valence-electron chi connectivity index (χ0n) is 12.9. The van der Waals surface area contributed by atoms with Crippen molar-refractivity contribution in [2.75, 3.05) is 11.9 Å². The average molecular weight is 313 g/mol. The van der Waals surface area contributed by atoms with Gasteiger partial charge >= 0.3 is 6.03 Å². The smallest absolute Gasteiger partial charge is 0.321 e. The summed E-state index contributed by atoms with van der Waals surface area (Å²) in [7, 11) is 0. The Bertz CT molecular complexity index is 659. The number of hydrogen-bond donors (Lipinski definition) is 2. The molecule has 2 aromatic rings. The average Bonchev–Trinajstić information content (AvgIpc) is 3.10. The number of urea groups is 1. The summed E-state index contributed by atoms with van der Waals surface area (Å²) in [5.41, 5.74) is 1.57. The predicted molar refractivity (Wildman–Crippen MR) is 85.9 cm³/mol. The number of nitrogens with zero attached hydrogens (tertiary/aromatic N) is 3. The van der Waals surface area contributed by atoms with Gasteiger partial charge in [-0.1, -0.05) is 30.3 Å². The molecule has 2 atom stereocenters. The number of anilines is 1. The largest absolute Gasteiger partial charge is 0.376 e. The van der Waals surface area contributed by atoms with Gasteiger partial charge in [0.15, 0.2) is 0 Å². The van der Waals surface area contributed by atoms with Crippen LogP contribution in [0.2, 0.25) is 0 Å². The fraction of sp³-hybridized carbons (Fsp3) is 0.375. The molecule has 1 aliphatic heterocycles. The van der Waals surface area contributed by atoms with Crippen molar-refractivity contribution in [1.82, 2.24) is 20.5 Å². The third-order valence-corrected chi connectivity index (χ3v) is 3.74. The van der Waals surface area contributed by atoms with Gasteiger partial charge in [0, 0.05) is 12.2 Å². The molecule has 1 saturated heterocycles. The molecule has 2 heterocycles. The molecule has 1 aliphatic rings. The van der Waals surface area contributed by atoms with E-state index in [-0.39, 0.29) is 24.1 Å². The van der Waals surface area contributed by atoms with Gasteiger partial charge < -0.3 is 10.1 Å². The summed E-state index contributed by atoms with van der Waals surface area (Å²) in [6.07, 6.45) is 3.62. The second-order valence-electron chi connectivity index (χ2n) is 5.47. The van der Waals surface area contributed by atoms with E-state index >= 15 is 0 Å². The van der Waals surface area contributed by atoms with Crippen molar-refractivity contribution in [1.29, 1.82) is 0 Å². The lowest BCUT2D eigenvalue weighted by molar-refractivity contribution is 0.0868. The van der Waals surface area contributed by atoms with Gasteiger partial charge in [0.25, 0.3) is 5.95 Å². The fourth-order valence-electron chi connectivity index (χ4n) is 2.54. The molecule has 120 valence electrons. The van der Waals surface area contributed by atoms with Crippen LogP contribution in [0.5, 0.6) is 0 Å². The maximum atomic E-state index is 12.0. The zero-order chi connectivity index (χ0) is 16.1. The van der Waals surface area contributed by atoms with Gasteiger partial charge in [-0.05, 0) is 19.8 Å². The number of amides is 2. The highest BCUT2D eigenvalue weighted by Crippen LogP contribution is 2.17. The van der Waals surface area contributed by atoms with Crippen LogP contribution in [-0.2, 0) is 4.74 Å². The monoisotopic (exact) mass is 313 g/mol. The maximum absolute atomic E-state index is 12.0. The van der Waals surface area contributed by atoms with Gasteiger partial charge in [-0.3, -0.25) is 5.32 Å². The van der Waals surface area contributed by atoms with Crippen LogP contribution in [0.15, 0.2) is 36.5 Å². The number of carbonyl (C=O) groups is 1. The molecule has 0 saturated carbocycles. The quantitative estimate of drug-likeness (QED) is 0.903. The van der Waals surface area contributed by atoms with Crippen molar-refractivity contribution in [3.63, 3.8) is 0 Å². The summed E-state index contributed by atoms with van der Waals surface area (Å²) in [6, 6.07) is 9.18. The molecular formula is C16H19N5O2. The molecule has 3 rings (SSSR count). The number of rotatable bonds is 4. The zero-order valence-corrected chi connectivity index (χ0v) is 12.9. The summed E-state index contributed by atoms with van der Waals surface area (Å²) in [5, 5.41) is 13.2. The molecule has 0 unspecified atom stereocenters. The molecule has 0 radical (unpaired) electrons. The van der Waals surface area contributed by atoms with Crippen LogP contribution in [0.25, 0.3) is 11.3 Å². The lowest BCUT2D eigenvalue weighted by atomic mass is 10.1. The number of hydrogen-bond acceptors (Lipinski definition) is 5. The van der Waals surface area contributed by atoms with Gasteiger partial charge in [-0.25, -0.2) is 9.78 Å². The summed E-state index contributed by atoms with van der Waals surface area (Å²) in [6.45, 7) is 2.68. The predicted octanol–water partition coefficient (Wildman–Crippen LogP) is 2.23. The van der Waals surface area contributed by atoms with Crippen LogP contribution in [-0.4, -0.2) is 40.0 Å². The van der Waals surface area contributed by atoms with Crippen molar-refractivity contribution in [3.05, 3.63) is 36.5 Å². The molecule has 2 amide bonds. The second-order valence-corrected chi connectivity index (χ2v) is 5.47. The molecule has 0 spiro atoms. The van der Waals surface area contributed by atoms with Crippen LogP contribution in [0.4, 0.5) is 10.7 Å². The number of benzene rings is 1. The van der Waals surface area contributed by atoms with Crippen molar-refractivity contribution in [2.45, 2.75) is 31.9 Å². The number of aromatic nitrogens is 3. The highest BCUT2D eigenvalue weighted by molar-refractivity contribution is 5.87. The molecule has 1 fully saturated rings. The standard InChI is InChI=1S/C16H19N5O2/c1-11(14-8-5-9-23-14)18-16(22)20-15-19-13(10-17-21-15)12-6-3-2-4-7-12/h2-4,6-7,10-11,14H,5,8-9H2,1H3,(H2,18,19,20,21,22)/t11-,14-/m1/s1. The van der Waals surface area contributed by atoms with Crippen molar-refractivity contribution in [2.24, 2.45) is 0 Å². The lowest BCUT2D eigenvalue weighted by Crippen LogP contribution is -2.43. The van der Waals surface area contributed by atoms with Crippen molar-refractivity contribution >= 4 is 12.0 Å². The third-order valence-electron chi connectivity index (χ3n) is 3.74. The molecule has 23 heavy (non-hydrogen) atoms. The Hall–Kier alpha value is -2.54. The Morgan fingerprint density at radius 3 is 2.91 bits per heavy atom. The van der Waals surface area contributed by atoms with E-state index < -0.39 is 0 Å². The number of ether oxygens (including phenoxy) is 1. The first-order valence-corrected chi connectivity index (χ1v) is 7.66. The topological polar surface area (TPSA) is 89.0 Å². The molecule has 2 N–H and O–H groups in total. The first-order chi connectivity index (χ1) is 11.2. The Kier molecular flexibility index (Phi) is 4.77. The van der Waals surface area contributed by atoms with Crippen LogP contribution < -0.4 is 10.6 Å². The van der Waals surface area contributed by atoms with Gasteiger partial charge in [0.1, 0.15) is 0 Å². The lowest BCUT2D eigenvalue weighted by Gasteiger charge is -2.19. The minimum atomic E-state index is -0.361. The summed E-state index contributed by atoms with van der Waals surface area (Å²) < 4.78 is 5.56. The van der Waals surface area contributed by atoms with Gasteiger partial charge in [0.2, 0.25) is 0 Å². The Morgan fingerprint density at radius 1 is 1.35 bits per heavy atom. The molecule has 7 nitrogen and oxygen atoms in total. The summed E-state index contributed by atoms with van der Waals surface area (Å²) in [5.74, 6) is 0.170. The van der Waals surface area contributed by atoms with Crippen molar-refractivity contribution < 1.29 is 9.53 Å². The third kappa shape index (κ3) is 4.01. The Balaban J connectivity index is 1.62. The highest BCUT2D eigenvalue weighted by Gasteiger charge is 2.23. The highest BCUT2D eigenvalue weighted by atomic mass is 16.5. The molecule has 0 bridgehead atoms. The minimum Gasteiger partial charge on any atom is -0.376 e. The van der Waals surface area contributed by atoms with Gasteiger partial charge in [-0.2, -0.15) is 5.10 Å². The van der Waals surface area contributed by atoms with Crippen LogP contribution in [0, 0.1) is 0 Å². The molecule has 7 heteroatoms. The first-order valence-electron chi connectivity index (χ1n) is 7.66. The van der Waals surface area contributed by atoms with E-state index in [4.69, 9.17) is 4.74 Å². The molecule has 0 aliphatic carbocycles. The van der Waals surface area contributed by atoms with Crippen LogP contribution in [0.1, 0.15) is 19.8 Å². The summed E-state index contributed by atoms with van der Waals surface area (Å²) in [4.78, 5) is 16.4. The van der Waals surface area contributed by atoms with E-state index in [0.717, 1.165) is 25.0 Å². The van der Waals surface area contributed by atoms with E-state index in [1.54, 1.807) is 6.20 Å². The SMILES string of the molecule is C[C@@H](NC(=O)Nc1nncc(-c2ccccc2)n1)[C@H]1CCCO1. The maximum Gasteiger partial charge on any atom is 0.321 e. The minimum absolute atomic E-state index is 0.0652. The normalized spacial score (nSPS) is 18.4. The van der Waals surface area contributed by atoms with E-state index in [1.807, 2.05) is 37.3 Å². The van der Waals surface area contributed by atoms with Gasteiger partial charge in [0.05, 0.1) is 24.0 Å². The summed E-state index contributed by atoms with van der Waals surface area (Å²) >= 11 is 0. The van der Waals surface area contributed by atoms with E-state index in [0.29, 0.717) is 5.69 Å². The Labute approximate surface area is 134 Å². The van der Waals surface area contributed by atoms with E-state index in [2.05, 4.69) is 25.8 Å². The molecule has 1 aromatic carbocycles. The number of nitrogens with one attached hydrogen (secondary N) is 2. The van der Waals surface area contributed by atoms with Gasteiger partial charge in [-0.15, -0.1) is 5.10 Å². The second kappa shape index (κ2) is 7.15. The number of carbonyl (C=O) groups excluding carboxylic acids is 1. The van der Waals surface area contributed by atoms with Crippen molar-refractivity contribution in [3.8, 4) is 11.3 Å². The van der Waals surface area contributed by atoms with E-state index in [9.17, 15) is 4.79 Å². The van der Waals surface area contributed by atoms with Crippen LogP contribution in [0.3, 0.4) is 0 Å². The fourth-order valence-corrected chi connectivity index (χ4v) is 2.54. The first kappa shape index (κ1) is 15.4. The molecule has 1 aromatic heterocycles.